The van der Waals surface area contributed by atoms with Gasteiger partial charge in [-0.05, 0) is 44.4 Å². The van der Waals surface area contributed by atoms with E-state index in [-0.39, 0.29) is 16.8 Å². The lowest BCUT2D eigenvalue weighted by atomic mass is 9.52. The van der Waals surface area contributed by atoms with Gasteiger partial charge in [0, 0.05) is 6.42 Å². The molecule has 0 N–H and O–H groups in total. The Labute approximate surface area is 241 Å². The quantitative estimate of drug-likeness (QED) is 0.0972. The Kier molecular flexibility index (Phi) is 19.6. The molecule has 2 atom stereocenters. The lowest BCUT2D eigenvalue weighted by Crippen LogP contribution is -2.77. The number of hydrogen-bond acceptors (Lipinski definition) is 2. The minimum atomic E-state index is -0.359. The van der Waals surface area contributed by atoms with Crippen LogP contribution in [-0.2, 0) is 9.47 Å². The van der Waals surface area contributed by atoms with Crippen molar-refractivity contribution in [2.45, 2.75) is 214 Å². The molecule has 228 valence electrons. The molecule has 0 bridgehead atoms. The summed E-state index contributed by atoms with van der Waals surface area (Å²) < 4.78 is 14.8. The fraction of sp³-hybridized carbons (Fsp3) is 1.00. The van der Waals surface area contributed by atoms with Crippen LogP contribution in [0.5, 0.6) is 0 Å². The predicted octanol–water partition coefficient (Wildman–Crippen LogP) is 12.6. The van der Waals surface area contributed by atoms with Crippen LogP contribution in [0.15, 0.2) is 0 Å². The fourth-order valence-corrected chi connectivity index (χ4v) is 7.44. The molecule has 0 amide bonds. The Morgan fingerprint density at radius 3 is 1.34 bits per heavy atom. The van der Waals surface area contributed by atoms with E-state index in [2.05, 4.69) is 48.5 Å². The molecule has 0 radical (unpaired) electrons. The van der Waals surface area contributed by atoms with Gasteiger partial charge >= 0.3 is 0 Å². The SMILES string of the molecule is CCCCCC1(CCCCC)OC(CCCCC)(OCC(CC)CCCC)C1(CCCCC)CCCCC. The Morgan fingerprint density at radius 2 is 0.921 bits per heavy atom. The van der Waals surface area contributed by atoms with E-state index < -0.39 is 0 Å². The summed E-state index contributed by atoms with van der Waals surface area (Å²) in [5.41, 5.74) is 0.207. The smallest absolute Gasteiger partial charge is 0.177 e. The molecule has 0 aromatic rings. The van der Waals surface area contributed by atoms with Crippen LogP contribution in [0.1, 0.15) is 203 Å². The minimum Gasteiger partial charge on any atom is -0.349 e. The van der Waals surface area contributed by atoms with Gasteiger partial charge < -0.3 is 9.47 Å². The number of rotatable bonds is 27. The molecule has 2 heteroatoms. The van der Waals surface area contributed by atoms with E-state index in [4.69, 9.17) is 9.47 Å². The lowest BCUT2D eigenvalue weighted by Gasteiger charge is -2.71. The van der Waals surface area contributed by atoms with E-state index in [9.17, 15) is 0 Å². The monoisotopic (exact) mass is 537 g/mol. The molecule has 0 aliphatic carbocycles. The average molecular weight is 537 g/mol. The summed E-state index contributed by atoms with van der Waals surface area (Å²) in [7, 11) is 0. The van der Waals surface area contributed by atoms with Crippen LogP contribution in [-0.4, -0.2) is 18.0 Å². The van der Waals surface area contributed by atoms with Gasteiger partial charge in [0.15, 0.2) is 5.79 Å². The van der Waals surface area contributed by atoms with Crippen LogP contribution < -0.4 is 0 Å². The molecule has 1 aliphatic heterocycles. The van der Waals surface area contributed by atoms with Crippen molar-refractivity contribution in [2.75, 3.05) is 6.61 Å². The molecule has 1 aliphatic rings. The maximum absolute atomic E-state index is 7.51. The second-order valence-corrected chi connectivity index (χ2v) is 12.9. The number of unbranched alkanes of at least 4 members (excludes halogenated alkanes) is 11. The highest BCUT2D eigenvalue weighted by molar-refractivity contribution is 5.17. The third-order valence-corrected chi connectivity index (χ3v) is 9.95. The van der Waals surface area contributed by atoms with Gasteiger partial charge in [0.1, 0.15) is 0 Å². The predicted molar refractivity (Wildman–Crippen MR) is 169 cm³/mol. The molecule has 2 unspecified atom stereocenters. The van der Waals surface area contributed by atoms with Crippen LogP contribution in [0.25, 0.3) is 0 Å². The first kappa shape index (κ1) is 35.9. The minimum absolute atomic E-state index is 0.0240. The molecule has 0 aromatic heterocycles. The topological polar surface area (TPSA) is 18.5 Å². The van der Waals surface area contributed by atoms with Crippen molar-refractivity contribution < 1.29 is 9.47 Å². The normalized spacial score (nSPS) is 20.9. The Balaban J connectivity index is 3.50. The Hall–Kier alpha value is -0.0800. The zero-order valence-corrected chi connectivity index (χ0v) is 27.6. The maximum Gasteiger partial charge on any atom is 0.177 e. The zero-order valence-electron chi connectivity index (χ0n) is 27.6. The Bertz CT molecular complexity index is 523. The molecule has 2 nitrogen and oxygen atoms in total. The van der Waals surface area contributed by atoms with Crippen molar-refractivity contribution in [3.05, 3.63) is 0 Å². The molecule has 1 heterocycles. The third kappa shape index (κ3) is 10.1. The van der Waals surface area contributed by atoms with Crippen molar-refractivity contribution in [3.63, 3.8) is 0 Å². The van der Waals surface area contributed by atoms with E-state index in [1.165, 1.54) is 148 Å². The van der Waals surface area contributed by atoms with Crippen molar-refractivity contribution in [3.8, 4) is 0 Å². The van der Waals surface area contributed by atoms with E-state index in [1.54, 1.807) is 0 Å². The van der Waals surface area contributed by atoms with E-state index in [0.717, 1.165) is 13.0 Å². The summed E-state index contributed by atoms with van der Waals surface area (Å²) in [5, 5.41) is 0. The zero-order chi connectivity index (χ0) is 28.2. The average Bonchev–Trinajstić information content (AvgIpc) is 2.92. The largest absolute Gasteiger partial charge is 0.349 e. The van der Waals surface area contributed by atoms with Crippen molar-refractivity contribution in [1.29, 1.82) is 0 Å². The van der Waals surface area contributed by atoms with Gasteiger partial charge in [-0.3, -0.25) is 0 Å². The number of ether oxygens (including phenoxy) is 2. The van der Waals surface area contributed by atoms with Gasteiger partial charge in [-0.25, -0.2) is 0 Å². The summed E-state index contributed by atoms with van der Waals surface area (Å²) in [6.45, 7) is 17.3. The molecule has 0 saturated carbocycles. The van der Waals surface area contributed by atoms with Crippen molar-refractivity contribution in [2.24, 2.45) is 11.3 Å². The van der Waals surface area contributed by atoms with Gasteiger partial charge in [0.25, 0.3) is 0 Å². The molecule has 1 saturated heterocycles. The molecular formula is C36H72O2. The highest BCUT2D eigenvalue weighted by atomic mass is 16.7. The van der Waals surface area contributed by atoms with Crippen LogP contribution in [0, 0.1) is 11.3 Å². The standard InChI is InChI=1S/C36H72O2/c1-8-15-21-27-34(28-22-16-9-2)35(29-23-17-10-3,30-24-18-11-4)38-36(34,31-25-19-12-5)37-32-33(14-7)26-20-13-6/h33H,8-32H2,1-7H3. The van der Waals surface area contributed by atoms with E-state index in [1.807, 2.05) is 0 Å². The number of hydrogen-bond donors (Lipinski definition) is 0. The molecule has 1 rings (SSSR count). The summed E-state index contributed by atoms with van der Waals surface area (Å²) >= 11 is 0. The van der Waals surface area contributed by atoms with Gasteiger partial charge in [-0.1, -0.05) is 158 Å². The molecule has 1 fully saturated rings. The maximum atomic E-state index is 7.51. The summed E-state index contributed by atoms with van der Waals surface area (Å²) in [5.74, 6) is 0.308. The fourth-order valence-electron chi connectivity index (χ4n) is 7.44. The highest BCUT2D eigenvalue weighted by Crippen LogP contribution is 2.68. The third-order valence-electron chi connectivity index (χ3n) is 9.95. The van der Waals surface area contributed by atoms with Gasteiger partial charge in [-0.2, -0.15) is 0 Å². The first-order valence-corrected chi connectivity index (χ1v) is 17.8. The van der Waals surface area contributed by atoms with E-state index >= 15 is 0 Å². The van der Waals surface area contributed by atoms with Crippen LogP contribution in [0.2, 0.25) is 0 Å². The summed E-state index contributed by atoms with van der Waals surface area (Å²) in [6.07, 6.45) is 30.9. The molecule has 0 aromatic carbocycles. The highest BCUT2D eigenvalue weighted by Gasteiger charge is 2.73. The van der Waals surface area contributed by atoms with Crippen molar-refractivity contribution >= 4 is 0 Å². The lowest BCUT2D eigenvalue weighted by molar-refractivity contribution is -0.483. The summed E-state index contributed by atoms with van der Waals surface area (Å²) in [4.78, 5) is 0. The second kappa shape index (κ2) is 20.7. The molecular weight excluding hydrogens is 464 g/mol. The van der Waals surface area contributed by atoms with Gasteiger partial charge in [-0.15, -0.1) is 0 Å². The van der Waals surface area contributed by atoms with Crippen LogP contribution in [0.4, 0.5) is 0 Å². The van der Waals surface area contributed by atoms with Gasteiger partial charge in [0.2, 0.25) is 0 Å². The van der Waals surface area contributed by atoms with Crippen LogP contribution in [0.3, 0.4) is 0 Å². The summed E-state index contributed by atoms with van der Waals surface area (Å²) in [6, 6.07) is 0. The first-order valence-electron chi connectivity index (χ1n) is 17.8. The molecule has 38 heavy (non-hydrogen) atoms. The Morgan fingerprint density at radius 1 is 0.500 bits per heavy atom. The van der Waals surface area contributed by atoms with E-state index in [0.29, 0.717) is 5.92 Å². The van der Waals surface area contributed by atoms with Crippen LogP contribution >= 0.6 is 0 Å². The second-order valence-electron chi connectivity index (χ2n) is 12.9. The van der Waals surface area contributed by atoms with Gasteiger partial charge in [0.05, 0.1) is 17.6 Å². The first-order chi connectivity index (χ1) is 18.5. The molecule has 0 spiro atoms. The van der Waals surface area contributed by atoms with Crippen molar-refractivity contribution in [1.82, 2.24) is 0 Å².